The van der Waals surface area contributed by atoms with Gasteiger partial charge in [0.1, 0.15) is 18.3 Å². The highest BCUT2D eigenvalue weighted by Gasteiger charge is 2.59. The van der Waals surface area contributed by atoms with Crippen molar-refractivity contribution in [3.63, 3.8) is 0 Å². The topological polar surface area (TPSA) is 139 Å². The Labute approximate surface area is 129 Å². The van der Waals surface area contributed by atoms with E-state index in [0.717, 1.165) is 19.3 Å². The maximum Gasteiger partial charge on any atom is 0.260 e. The van der Waals surface area contributed by atoms with Crippen molar-refractivity contribution in [1.29, 1.82) is 0 Å². The summed E-state index contributed by atoms with van der Waals surface area (Å²) in [5.74, 6) is -1.02. The molecule has 0 radical (unpaired) electrons. The van der Waals surface area contributed by atoms with Crippen molar-refractivity contribution in [1.82, 2.24) is 5.32 Å². The summed E-state index contributed by atoms with van der Waals surface area (Å²) < 4.78 is 4.82. The SMILES string of the molecule is CCCCCC(C)NC(=O)[C@]1(O)[C@@H](O)O[C@H](CO)[C@@H](O)[C@@H]1O. The van der Waals surface area contributed by atoms with Gasteiger partial charge in [-0.05, 0) is 13.3 Å². The number of nitrogens with one attached hydrogen (secondary N) is 1. The predicted molar refractivity (Wildman–Crippen MR) is 76.7 cm³/mol. The van der Waals surface area contributed by atoms with Gasteiger partial charge in [0.25, 0.3) is 5.91 Å². The maximum absolute atomic E-state index is 12.2. The first kappa shape index (κ1) is 19.3. The van der Waals surface area contributed by atoms with Gasteiger partial charge in [0.15, 0.2) is 6.29 Å². The van der Waals surface area contributed by atoms with Gasteiger partial charge in [-0.25, -0.2) is 0 Å². The summed E-state index contributed by atoms with van der Waals surface area (Å²) in [6, 6.07) is -0.268. The van der Waals surface area contributed by atoms with Crippen molar-refractivity contribution in [3.8, 4) is 0 Å². The molecule has 0 aromatic rings. The van der Waals surface area contributed by atoms with E-state index in [1.54, 1.807) is 6.92 Å². The first-order valence-electron chi connectivity index (χ1n) is 7.62. The number of hydrogen-bond acceptors (Lipinski definition) is 7. The lowest BCUT2D eigenvalue weighted by Crippen LogP contribution is -2.72. The molecule has 1 unspecified atom stereocenters. The molecular formula is C14H27NO7. The monoisotopic (exact) mass is 321 g/mol. The number of ether oxygens (including phenoxy) is 1. The van der Waals surface area contributed by atoms with Gasteiger partial charge in [0.05, 0.1) is 6.61 Å². The molecule has 1 heterocycles. The molecule has 22 heavy (non-hydrogen) atoms. The minimum atomic E-state index is -2.69. The van der Waals surface area contributed by atoms with Gasteiger partial charge < -0.3 is 35.6 Å². The normalized spacial score (nSPS) is 36.9. The van der Waals surface area contributed by atoms with Crippen LogP contribution in [0.2, 0.25) is 0 Å². The van der Waals surface area contributed by atoms with E-state index in [0.29, 0.717) is 6.42 Å². The van der Waals surface area contributed by atoms with Gasteiger partial charge in [0, 0.05) is 6.04 Å². The molecule has 8 nitrogen and oxygen atoms in total. The van der Waals surface area contributed by atoms with Crippen LogP contribution in [0.5, 0.6) is 0 Å². The number of amides is 1. The molecule has 1 fully saturated rings. The van der Waals surface area contributed by atoms with Crippen LogP contribution in [0.25, 0.3) is 0 Å². The predicted octanol–water partition coefficient (Wildman–Crippen LogP) is -1.77. The lowest BCUT2D eigenvalue weighted by molar-refractivity contribution is -0.317. The fraction of sp³-hybridized carbons (Fsp3) is 0.929. The van der Waals surface area contributed by atoms with Crippen molar-refractivity contribution in [3.05, 3.63) is 0 Å². The lowest BCUT2D eigenvalue weighted by atomic mass is 9.85. The van der Waals surface area contributed by atoms with Crippen molar-refractivity contribution in [2.75, 3.05) is 6.61 Å². The van der Waals surface area contributed by atoms with Crippen LogP contribution < -0.4 is 5.32 Å². The van der Waals surface area contributed by atoms with E-state index in [1.165, 1.54) is 0 Å². The van der Waals surface area contributed by atoms with Crippen molar-refractivity contribution < 1.29 is 35.1 Å². The second kappa shape index (κ2) is 8.19. The second-order valence-corrected chi connectivity index (χ2v) is 5.84. The zero-order chi connectivity index (χ0) is 16.9. The highest BCUT2D eigenvalue weighted by molar-refractivity contribution is 5.86. The summed E-state index contributed by atoms with van der Waals surface area (Å²) in [5, 5.41) is 51.3. The van der Waals surface area contributed by atoms with Gasteiger partial charge in [0.2, 0.25) is 5.60 Å². The summed E-state index contributed by atoms with van der Waals surface area (Å²) in [4.78, 5) is 12.2. The molecule has 6 atom stereocenters. The number of aliphatic hydroxyl groups excluding tert-OH is 4. The Kier molecular flexibility index (Phi) is 7.17. The Hall–Kier alpha value is -0.770. The fourth-order valence-electron chi connectivity index (χ4n) is 2.47. The first-order chi connectivity index (χ1) is 10.3. The summed E-state index contributed by atoms with van der Waals surface area (Å²) in [6.07, 6.45) is -3.38. The molecule has 0 bridgehead atoms. The zero-order valence-electron chi connectivity index (χ0n) is 13.0. The van der Waals surface area contributed by atoms with Crippen LogP contribution >= 0.6 is 0 Å². The average molecular weight is 321 g/mol. The van der Waals surface area contributed by atoms with Crippen molar-refractivity contribution in [2.24, 2.45) is 0 Å². The summed E-state index contributed by atoms with van der Waals surface area (Å²) in [5.41, 5.74) is -2.69. The molecule has 0 aromatic carbocycles. The van der Waals surface area contributed by atoms with Crippen LogP contribution in [0, 0.1) is 0 Å². The highest BCUT2D eigenvalue weighted by atomic mass is 16.6. The minimum Gasteiger partial charge on any atom is -0.394 e. The van der Waals surface area contributed by atoms with Gasteiger partial charge in [-0.2, -0.15) is 0 Å². The molecular weight excluding hydrogens is 294 g/mol. The van der Waals surface area contributed by atoms with Gasteiger partial charge in [-0.3, -0.25) is 4.79 Å². The van der Waals surface area contributed by atoms with E-state index in [4.69, 9.17) is 9.84 Å². The Morgan fingerprint density at radius 3 is 2.50 bits per heavy atom. The zero-order valence-corrected chi connectivity index (χ0v) is 13.0. The number of carbonyl (C=O) groups is 1. The van der Waals surface area contributed by atoms with E-state index < -0.39 is 42.7 Å². The van der Waals surface area contributed by atoms with E-state index in [-0.39, 0.29) is 6.04 Å². The molecule has 1 aliphatic heterocycles. The van der Waals surface area contributed by atoms with E-state index in [9.17, 15) is 25.2 Å². The Morgan fingerprint density at radius 2 is 1.95 bits per heavy atom. The van der Waals surface area contributed by atoms with E-state index >= 15 is 0 Å². The first-order valence-corrected chi connectivity index (χ1v) is 7.62. The average Bonchev–Trinajstić information content (AvgIpc) is 2.48. The smallest absolute Gasteiger partial charge is 0.260 e. The summed E-state index contributed by atoms with van der Waals surface area (Å²) in [6.45, 7) is 3.13. The number of hydrogen-bond donors (Lipinski definition) is 6. The minimum absolute atomic E-state index is 0.268. The van der Waals surface area contributed by atoms with Crippen LogP contribution in [-0.4, -0.2) is 74.3 Å². The van der Waals surface area contributed by atoms with Crippen LogP contribution in [0.15, 0.2) is 0 Å². The maximum atomic E-state index is 12.2. The number of aliphatic hydroxyl groups is 5. The van der Waals surface area contributed by atoms with Crippen LogP contribution in [0.1, 0.15) is 39.5 Å². The van der Waals surface area contributed by atoms with Gasteiger partial charge >= 0.3 is 0 Å². The van der Waals surface area contributed by atoms with Crippen LogP contribution in [0.3, 0.4) is 0 Å². The van der Waals surface area contributed by atoms with E-state index in [1.807, 2.05) is 0 Å². The Bertz CT molecular complexity index is 367. The summed E-state index contributed by atoms with van der Waals surface area (Å²) >= 11 is 0. The highest BCUT2D eigenvalue weighted by Crippen LogP contribution is 2.29. The molecule has 130 valence electrons. The number of carbonyl (C=O) groups excluding carboxylic acids is 1. The standard InChI is InChI=1S/C14H27NO7/c1-3-4-5-6-8(2)15-12(19)14(21)11(18)10(17)9(7-16)22-13(14)20/h8-11,13,16-18,20-21H,3-7H2,1-2H3,(H,15,19)/t8?,9-,10-,11+,13+,14+/m1/s1. The number of rotatable bonds is 7. The lowest BCUT2D eigenvalue weighted by Gasteiger charge is -2.44. The van der Waals surface area contributed by atoms with Gasteiger partial charge in [-0.15, -0.1) is 0 Å². The quantitative estimate of drug-likeness (QED) is 0.305. The third-order valence-electron chi connectivity index (χ3n) is 4.00. The summed E-state index contributed by atoms with van der Waals surface area (Å²) in [7, 11) is 0. The molecule has 1 rings (SSSR count). The molecule has 1 amide bonds. The molecule has 6 N–H and O–H groups in total. The number of unbranched alkanes of at least 4 members (excludes halogenated alkanes) is 2. The Morgan fingerprint density at radius 1 is 1.32 bits per heavy atom. The van der Waals surface area contributed by atoms with Crippen LogP contribution in [0.4, 0.5) is 0 Å². The van der Waals surface area contributed by atoms with Crippen LogP contribution in [-0.2, 0) is 9.53 Å². The molecule has 1 aliphatic rings. The third-order valence-corrected chi connectivity index (χ3v) is 4.00. The fourth-order valence-corrected chi connectivity index (χ4v) is 2.47. The largest absolute Gasteiger partial charge is 0.394 e. The molecule has 0 spiro atoms. The molecule has 1 saturated heterocycles. The van der Waals surface area contributed by atoms with Crippen molar-refractivity contribution in [2.45, 2.75) is 75.8 Å². The van der Waals surface area contributed by atoms with Gasteiger partial charge in [-0.1, -0.05) is 26.2 Å². The Balaban J connectivity index is 2.72. The van der Waals surface area contributed by atoms with Crippen molar-refractivity contribution >= 4 is 5.91 Å². The third kappa shape index (κ3) is 3.95. The molecule has 0 saturated carbocycles. The molecule has 0 aliphatic carbocycles. The van der Waals surface area contributed by atoms with E-state index in [2.05, 4.69) is 12.2 Å². The molecule has 0 aromatic heterocycles. The second-order valence-electron chi connectivity index (χ2n) is 5.84. The molecule has 8 heteroatoms.